The molecule has 2 heterocycles. The number of nitrogens with two attached hydrogens (primary N) is 1. The topological polar surface area (TPSA) is 74.0 Å². The molecule has 3 unspecified atom stereocenters. The van der Waals surface area contributed by atoms with E-state index in [1.54, 1.807) is 0 Å². The number of esters is 1. The largest absolute Gasteiger partial charge is 0.493 e. The number of benzene rings is 1. The predicted molar refractivity (Wildman–Crippen MR) is 118 cm³/mol. The van der Waals surface area contributed by atoms with Crippen molar-refractivity contribution in [2.75, 3.05) is 27.2 Å². The summed E-state index contributed by atoms with van der Waals surface area (Å²) >= 11 is 0. The van der Waals surface area contributed by atoms with Crippen LogP contribution in [0.3, 0.4) is 0 Å². The number of ether oxygens (including phenoxy) is 3. The number of methoxy groups -OCH3 is 2. The smallest absolute Gasteiger partial charge is 0.323 e. The van der Waals surface area contributed by atoms with Crippen molar-refractivity contribution in [3.63, 3.8) is 0 Å². The van der Waals surface area contributed by atoms with E-state index in [4.69, 9.17) is 37.8 Å². The third-order valence-electron chi connectivity index (χ3n) is 5.55. The van der Waals surface area contributed by atoms with Gasteiger partial charge in [-0.2, -0.15) is 0 Å². The molecular formula is C24H38N2O4. The molecule has 1 fully saturated rings. The zero-order valence-corrected chi connectivity index (χ0v) is 17.4. The number of rotatable bonds is 7. The second-order valence-electron chi connectivity index (χ2n) is 8.04. The number of fused-ring (bicyclic) bond motifs is 3. The molecule has 3 rings (SSSR count). The van der Waals surface area contributed by atoms with Gasteiger partial charge < -0.3 is 19.9 Å². The molecule has 30 heavy (non-hydrogen) atoms. The Morgan fingerprint density at radius 1 is 1.40 bits per heavy atom. The Balaban J connectivity index is 2.14. The molecule has 0 aromatic heterocycles. The van der Waals surface area contributed by atoms with Crippen molar-refractivity contribution in [2.24, 2.45) is 23.5 Å². The Hall–Kier alpha value is -1.79. The van der Waals surface area contributed by atoms with Gasteiger partial charge in [-0.05, 0) is 47.9 Å². The van der Waals surface area contributed by atoms with Gasteiger partial charge in [0, 0.05) is 41.1 Å². The second kappa shape index (κ2) is 9.56. The van der Waals surface area contributed by atoms with Crippen LogP contribution in [0.15, 0.2) is 12.1 Å². The van der Waals surface area contributed by atoms with Crippen LogP contribution in [-0.4, -0.2) is 50.2 Å². The van der Waals surface area contributed by atoms with Gasteiger partial charge >= 0.3 is 5.97 Å². The highest BCUT2D eigenvalue weighted by Gasteiger charge is 2.41. The first-order chi connectivity index (χ1) is 19.7. The lowest BCUT2D eigenvalue weighted by Gasteiger charge is -2.47. The Labute approximate surface area is 200 Å². The summed E-state index contributed by atoms with van der Waals surface area (Å²) in [5, 5.41) is 0. The predicted octanol–water partition coefficient (Wildman–Crippen LogP) is 3.56. The van der Waals surface area contributed by atoms with Crippen LogP contribution in [0, 0.1) is 17.7 Å². The van der Waals surface area contributed by atoms with Gasteiger partial charge in [-0.1, -0.05) is 27.6 Å². The van der Waals surface area contributed by atoms with Gasteiger partial charge in [0.15, 0.2) is 11.5 Å². The average Bonchev–Trinajstić information content (AvgIpc) is 2.84. The molecule has 0 saturated carbocycles. The number of carbonyl (C=O) groups excluding carboxylic acids is 1. The van der Waals surface area contributed by atoms with Crippen LogP contribution in [0.25, 0.3) is 0 Å². The molecule has 6 heteroatoms. The number of nitrogens with zero attached hydrogens (tertiary/aromatic N) is 1. The van der Waals surface area contributed by atoms with Crippen LogP contribution in [0.5, 0.6) is 11.5 Å². The van der Waals surface area contributed by atoms with Crippen molar-refractivity contribution >= 4 is 5.97 Å². The first-order valence-corrected chi connectivity index (χ1v) is 9.88. The van der Waals surface area contributed by atoms with E-state index in [0.29, 0.717) is 13.0 Å². The standard InChI is InChI=1S/C24H38N2O4/c1-14(2)9-17-13-26-8-7-16-10-21(28-5)22(29-6)11-18(16)19(26)12-20(17)30-24(27)23(25)15(3)4/h10-11,14-15,17,19-20,23H,7-9,12-13,25H2,1-6H3/t17?,19?,20?,23-/m0/s1/i3D3,4D3,5D3,10D,11D,15D,20D,23D. The van der Waals surface area contributed by atoms with Crippen molar-refractivity contribution in [2.45, 2.75) is 65.0 Å². The molecule has 1 aromatic carbocycles. The van der Waals surface area contributed by atoms with E-state index in [0.717, 1.165) is 0 Å². The molecule has 2 N–H and O–H groups in total. The molecule has 0 spiro atoms. The summed E-state index contributed by atoms with van der Waals surface area (Å²) in [7, 11) is -1.76. The maximum absolute atomic E-state index is 13.5. The Kier molecular flexibility index (Phi) is 3.41. The minimum atomic E-state index is -3.81. The minimum Gasteiger partial charge on any atom is -0.493 e. The molecule has 2 aliphatic rings. The van der Waals surface area contributed by atoms with Gasteiger partial charge in [0.1, 0.15) is 12.1 Å². The lowest BCUT2D eigenvalue weighted by Crippen LogP contribution is -2.51. The van der Waals surface area contributed by atoms with Gasteiger partial charge in [0.05, 0.1) is 23.7 Å². The second-order valence-corrected chi connectivity index (χ2v) is 8.04. The van der Waals surface area contributed by atoms with E-state index in [9.17, 15) is 6.17 Å². The van der Waals surface area contributed by atoms with Gasteiger partial charge in [0.2, 0.25) is 0 Å². The summed E-state index contributed by atoms with van der Waals surface area (Å²) < 4.78 is 128. The van der Waals surface area contributed by atoms with Gasteiger partial charge in [-0.25, -0.2) is 0 Å². The molecule has 0 aliphatic carbocycles. The van der Waals surface area contributed by atoms with Crippen LogP contribution in [0.2, 0.25) is 0 Å². The molecule has 6 nitrogen and oxygen atoms in total. The fourth-order valence-electron chi connectivity index (χ4n) is 4.17. The molecule has 1 saturated heterocycles. The van der Waals surface area contributed by atoms with Crippen LogP contribution in [-0.2, 0) is 16.0 Å². The number of carbonyl (C=O) groups is 1. The van der Waals surface area contributed by atoms with Crippen molar-refractivity contribution in [3.05, 3.63) is 23.2 Å². The summed E-state index contributed by atoms with van der Waals surface area (Å²) in [4.78, 5) is 15.4. The molecule has 2 aliphatic heterocycles. The monoisotopic (exact) mass is 432 g/mol. The van der Waals surface area contributed by atoms with E-state index >= 15 is 0 Å². The summed E-state index contributed by atoms with van der Waals surface area (Å²) in [6.07, 6.45) is -2.05. The number of hydrogen-bond acceptors (Lipinski definition) is 6. The molecule has 168 valence electrons. The SMILES string of the molecule is [2H]c1c2c(c([2H])c(OC)c1OC([2H])([2H])[2H])C1CC([2H])(OC(=O)[C@@]([2H])(N)C([2H])(C([2H])([2H])[2H])C([2H])([2H])[2H])C(CC(C)C)CN1CC2. The highest BCUT2D eigenvalue weighted by atomic mass is 16.5. The minimum absolute atomic E-state index is 0.0260. The molecule has 4 atom stereocenters. The molecule has 0 radical (unpaired) electrons. The fraction of sp³-hybridized carbons (Fsp3) is 0.708. The Morgan fingerprint density at radius 3 is 2.83 bits per heavy atom. The van der Waals surface area contributed by atoms with Crippen molar-refractivity contribution in [3.8, 4) is 11.5 Å². The third-order valence-corrected chi connectivity index (χ3v) is 5.55. The Morgan fingerprint density at radius 2 is 2.17 bits per heavy atom. The molecule has 1 aromatic rings. The number of hydrogen-bond donors (Lipinski definition) is 1. The van der Waals surface area contributed by atoms with Crippen molar-refractivity contribution in [1.29, 1.82) is 0 Å². The van der Waals surface area contributed by atoms with Crippen molar-refractivity contribution in [1.82, 2.24) is 4.90 Å². The van der Waals surface area contributed by atoms with E-state index in [1.165, 1.54) is 7.11 Å². The fourth-order valence-corrected chi connectivity index (χ4v) is 4.17. The third kappa shape index (κ3) is 4.75. The van der Waals surface area contributed by atoms with Gasteiger partial charge in [-0.15, -0.1) is 0 Å². The first-order valence-electron chi connectivity index (χ1n) is 16.9. The zero-order valence-electron chi connectivity index (χ0n) is 31.4. The zero-order chi connectivity index (χ0) is 34.0. The quantitative estimate of drug-likeness (QED) is 0.664. The summed E-state index contributed by atoms with van der Waals surface area (Å²) in [5.41, 5.74) is 6.24. The van der Waals surface area contributed by atoms with Crippen LogP contribution >= 0.6 is 0 Å². The van der Waals surface area contributed by atoms with E-state index in [-0.39, 0.29) is 54.3 Å². The molecule has 0 amide bonds. The van der Waals surface area contributed by atoms with Crippen LogP contribution in [0.1, 0.15) is 76.8 Å². The van der Waals surface area contributed by atoms with Crippen molar-refractivity contribution < 1.29 is 38.2 Å². The van der Waals surface area contributed by atoms with Crippen LogP contribution in [0.4, 0.5) is 0 Å². The highest BCUT2D eigenvalue weighted by molar-refractivity contribution is 5.76. The van der Waals surface area contributed by atoms with Gasteiger partial charge in [0.25, 0.3) is 0 Å². The maximum Gasteiger partial charge on any atom is 0.323 e. The van der Waals surface area contributed by atoms with Crippen LogP contribution < -0.4 is 15.2 Å². The summed E-state index contributed by atoms with van der Waals surface area (Å²) in [6.45, 7) is -3.26. The van der Waals surface area contributed by atoms with E-state index in [1.807, 2.05) is 18.7 Å². The Bertz CT molecular complexity index is 1250. The molecular weight excluding hydrogens is 380 g/mol. The van der Waals surface area contributed by atoms with Gasteiger partial charge in [-0.3, -0.25) is 9.69 Å². The lowest BCUT2D eigenvalue weighted by molar-refractivity contribution is -0.160. The van der Waals surface area contributed by atoms with E-state index < -0.39 is 62.4 Å². The molecule has 0 bridgehead atoms. The maximum atomic E-state index is 13.5. The average molecular weight is 433 g/mol. The highest BCUT2D eigenvalue weighted by Crippen LogP contribution is 2.44. The normalized spacial score (nSPS) is 36.8. The van der Waals surface area contributed by atoms with E-state index in [2.05, 4.69) is 0 Å². The first kappa shape index (κ1) is 10.7. The summed E-state index contributed by atoms with van der Waals surface area (Å²) in [5.74, 6) is -7.21. The summed E-state index contributed by atoms with van der Waals surface area (Å²) in [6, 6.07) is -5.13. The number of piperidine rings is 1. The lowest BCUT2D eigenvalue weighted by atomic mass is 9.79.